The lowest BCUT2D eigenvalue weighted by atomic mass is 10.0. The molecule has 0 heterocycles. The lowest BCUT2D eigenvalue weighted by Gasteiger charge is -2.15. The van der Waals surface area contributed by atoms with E-state index in [0.29, 0.717) is 32.2 Å². The number of unbranched alkanes of at least 4 members (excludes halogenated alkanes) is 23. The maximum atomic E-state index is 12.8. The van der Waals surface area contributed by atoms with E-state index in [2.05, 4.69) is 67.8 Å². The monoisotopic (exact) mass is 799 g/mol. The molecule has 0 radical (unpaired) electrons. The normalized spacial score (nSPS) is 13.0. The lowest BCUT2D eigenvalue weighted by molar-refractivity contribution is -0.147. The molecule has 0 saturated carbocycles. The fraction of sp³-hybridized carbons (Fsp3) is 0.780. The molecule has 0 aromatic heterocycles. The third-order valence-electron chi connectivity index (χ3n) is 10.6. The molecule has 0 aliphatic rings. The molecule has 4 N–H and O–H groups in total. The number of hydrogen-bond acceptors (Lipinski definition) is 5. The van der Waals surface area contributed by atoms with Crippen molar-refractivity contribution in [1.29, 1.82) is 0 Å². The van der Waals surface area contributed by atoms with Gasteiger partial charge in [0, 0.05) is 12.8 Å². The van der Waals surface area contributed by atoms with Gasteiger partial charge in [-0.15, -0.1) is 0 Å². The first-order chi connectivity index (χ1) is 27.9. The van der Waals surface area contributed by atoms with Gasteiger partial charge in [-0.2, -0.15) is 0 Å². The summed E-state index contributed by atoms with van der Waals surface area (Å²) in [4.78, 5) is 36.3. The molecule has 0 saturated heterocycles. The van der Waals surface area contributed by atoms with Crippen LogP contribution in [0.1, 0.15) is 232 Å². The maximum Gasteiger partial charge on any atom is 0.326 e. The molecule has 57 heavy (non-hydrogen) atoms. The highest BCUT2D eigenvalue weighted by atomic mass is 16.5. The van der Waals surface area contributed by atoms with Crippen molar-refractivity contribution in [1.82, 2.24) is 5.32 Å². The smallest absolute Gasteiger partial charge is 0.326 e. The molecule has 1 amide bonds. The summed E-state index contributed by atoms with van der Waals surface area (Å²) < 4.78 is 5.96. The Bertz CT molecular complexity index is 1040. The minimum Gasteiger partial charge on any atom is -0.480 e. The van der Waals surface area contributed by atoms with Crippen molar-refractivity contribution in [2.24, 2.45) is 5.73 Å². The molecular weight excluding hydrogens is 709 g/mol. The van der Waals surface area contributed by atoms with Crippen molar-refractivity contribution < 1.29 is 24.2 Å². The molecule has 7 nitrogen and oxygen atoms in total. The summed E-state index contributed by atoms with van der Waals surface area (Å²) in [7, 11) is 0. The summed E-state index contributed by atoms with van der Waals surface area (Å²) in [6, 6.07) is -0.857. The van der Waals surface area contributed by atoms with Gasteiger partial charge in [0.2, 0.25) is 5.91 Å². The number of esters is 1. The number of aliphatic carboxylic acids is 1. The van der Waals surface area contributed by atoms with E-state index in [1.54, 1.807) is 0 Å². The third-order valence-corrected chi connectivity index (χ3v) is 10.6. The molecule has 0 rings (SSSR count). The van der Waals surface area contributed by atoms with E-state index in [0.717, 1.165) is 77.0 Å². The predicted molar refractivity (Wildman–Crippen MR) is 243 cm³/mol. The summed E-state index contributed by atoms with van der Waals surface area (Å²) in [6.45, 7) is 4.92. The highest BCUT2D eigenvalue weighted by Gasteiger charge is 2.18. The van der Waals surface area contributed by atoms with Crippen molar-refractivity contribution >= 4 is 17.8 Å². The first-order valence-corrected chi connectivity index (χ1v) is 24.0. The topological polar surface area (TPSA) is 119 Å². The molecule has 0 fully saturated rings. The zero-order valence-electron chi connectivity index (χ0n) is 37.2. The molecule has 2 unspecified atom stereocenters. The molecule has 0 aromatic carbocycles. The lowest BCUT2D eigenvalue weighted by Crippen LogP contribution is -2.40. The molecule has 7 heteroatoms. The van der Waals surface area contributed by atoms with Gasteiger partial charge in [0.05, 0.1) is 0 Å². The van der Waals surface area contributed by atoms with Crippen LogP contribution in [0.3, 0.4) is 0 Å². The van der Waals surface area contributed by atoms with E-state index in [-0.39, 0.29) is 18.0 Å². The predicted octanol–water partition coefficient (Wildman–Crippen LogP) is 14.0. The van der Waals surface area contributed by atoms with Crippen LogP contribution in [-0.2, 0) is 19.1 Å². The Hall–Kier alpha value is -2.67. The number of carbonyl (C=O) groups is 3. The summed E-state index contributed by atoms with van der Waals surface area (Å²) in [5, 5.41) is 11.9. The number of nitrogens with two attached hydrogens (primary N) is 1. The largest absolute Gasteiger partial charge is 0.480 e. The number of amides is 1. The zero-order chi connectivity index (χ0) is 41.7. The number of ether oxygens (including phenoxy) is 1. The maximum absolute atomic E-state index is 12.8. The minimum absolute atomic E-state index is 0.0783. The number of carboxylic acids is 1. The second-order valence-corrected chi connectivity index (χ2v) is 16.2. The van der Waals surface area contributed by atoms with Crippen LogP contribution >= 0.6 is 0 Å². The Morgan fingerprint density at radius 3 is 1.47 bits per heavy atom. The average molecular weight is 799 g/mol. The summed E-state index contributed by atoms with van der Waals surface area (Å²) in [5.41, 5.74) is 5.48. The number of carboxylic acid groups (broad SMARTS) is 1. The zero-order valence-corrected chi connectivity index (χ0v) is 37.2. The van der Waals surface area contributed by atoms with Gasteiger partial charge >= 0.3 is 11.9 Å². The Labute approximate surface area is 351 Å². The quantitative estimate of drug-likeness (QED) is 0.0321. The van der Waals surface area contributed by atoms with Crippen molar-refractivity contribution in [3.63, 3.8) is 0 Å². The summed E-state index contributed by atoms with van der Waals surface area (Å²) >= 11 is 0. The van der Waals surface area contributed by atoms with Crippen LogP contribution in [0, 0.1) is 0 Å². The van der Waals surface area contributed by atoms with Crippen LogP contribution in [0.5, 0.6) is 0 Å². The van der Waals surface area contributed by atoms with Gasteiger partial charge in [-0.05, 0) is 103 Å². The van der Waals surface area contributed by atoms with Gasteiger partial charge in [-0.1, -0.05) is 172 Å². The SMILES string of the molecule is CCCCCC/C=C\C/C=C\C(CCCCCCCCC(=O)NC(CCCN)C(=O)O)OC(=O)CCCCCCCCCCC/C=C\C/C=C\CCCCCCC. The van der Waals surface area contributed by atoms with E-state index in [1.165, 1.54) is 116 Å². The van der Waals surface area contributed by atoms with Crippen LogP contribution < -0.4 is 11.1 Å². The fourth-order valence-electron chi connectivity index (χ4n) is 6.96. The molecular formula is C50H90N2O5. The Kier molecular flexibility index (Phi) is 42.4. The van der Waals surface area contributed by atoms with E-state index in [1.807, 2.05) is 0 Å². The molecule has 0 aromatic rings. The average Bonchev–Trinajstić information content (AvgIpc) is 3.20. The Balaban J connectivity index is 4.21. The second kappa shape index (κ2) is 44.4. The minimum atomic E-state index is -1.01. The molecule has 0 aliphatic carbocycles. The third kappa shape index (κ3) is 41.3. The van der Waals surface area contributed by atoms with Gasteiger partial charge in [0.15, 0.2) is 0 Å². The van der Waals surface area contributed by atoms with Gasteiger partial charge in [0.25, 0.3) is 0 Å². The Morgan fingerprint density at radius 2 is 0.965 bits per heavy atom. The van der Waals surface area contributed by atoms with Crippen LogP contribution in [0.25, 0.3) is 0 Å². The first kappa shape index (κ1) is 54.3. The van der Waals surface area contributed by atoms with Crippen LogP contribution in [0.2, 0.25) is 0 Å². The standard InChI is InChI=1S/C50H90N2O5/c1-3-5-7-9-11-13-14-15-16-17-18-19-20-21-22-23-24-26-28-34-38-44-49(54)57-46(40-35-31-27-25-12-10-8-6-4-2)41-36-32-29-30-33-37-43-48(53)52-47(50(55)56)42-39-45-51/h14-15,17-18,25,27,35,40,46-47H,3-13,16,19-24,26,28-34,36-39,41-45,51H2,1-2H3,(H,52,53)(H,55,56)/b15-14-,18-17-,27-25-,40-35-. The number of carbonyl (C=O) groups excluding carboxylic acids is 2. The molecule has 2 atom stereocenters. The van der Waals surface area contributed by atoms with E-state index in [9.17, 15) is 19.5 Å². The van der Waals surface area contributed by atoms with Gasteiger partial charge in [-0.25, -0.2) is 4.79 Å². The summed E-state index contributed by atoms with van der Waals surface area (Å²) in [5.74, 6) is -1.29. The van der Waals surface area contributed by atoms with Crippen molar-refractivity contribution in [2.75, 3.05) is 6.54 Å². The van der Waals surface area contributed by atoms with Crippen LogP contribution in [0.15, 0.2) is 48.6 Å². The summed E-state index contributed by atoms with van der Waals surface area (Å²) in [6.07, 6.45) is 54.7. The molecule has 0 bridgehead atoms. The van der Waals surface area contributed by atoms with Crippen molar-refractivity contribution in [3.8, 4) is 0 Å². The van der Waals surface area contributed by atoms with Gasteiger partial charge in [-0.3, -0.25) is 9.59 Å². The van der Waals surface area contributed by atoms with Crippen molar-refractivity contribution in [3.05, 3.63) is 48.6 Å². The second-order valence-electron chi connectivity index (χ2n) is 16.2. The van der Waals surface area contributed by atoms with Crippen LogP contribution in [-0.4, -0.2) is 41.6 Å². The number of hydrogen-bond donors (Lipinski definition) is 3. The number of allylic oxidation sites excluding steroid dienone is 7. The Morgan fingerprint density at radius 1 is 0.526 bits per heavy atom. The fourth-order valence-corrected chi connectivity index (χ4v) is 6.96. The molecule has 0 aliphatic heterocycles. The van der Waals surface area contributed by atoms with Crippen molar-refractivity contribution in [2.45, 2.75) is 244 Å². The van der Waals surface area contributed by atoms with Gasteiger partial charge < -0.3 is 20.9 Å². The molecule has 0 spiro atoms. The molecule has 330 valence electrons. The number of nitrogens with one attached hydrogen (secondary N) is 1. The van der Waals surface area contributed by atoms with Crippen LogP contribution in [0.4, 0.5) is 0 Å². The van der Waals surface area contributed by atoms with E-state index < -0.39 is 12.0 Å². The van der Waals surface area contributed by atoms with Gasteiger partial charge in [0.1, 0.15) is 12.1 Å². The van der Waals surface area contributed by atoms with E-state index >= 15 is 0 Å². The highest BCUT2D eigenvalue weighted by Crippen LogP contribution is 2.16. The van der Waals surface area contributed by atoms with E-state index in [4.69, 9.17) is 10.5 Å². The highest BCUT2D eigenvalue weighted by molar-refractivity contribution is 5.83. The number of rotatable bonds is 43. The first-order valence-electron chi connectivity index (χ1n) is 24.0.